The maximum atomic E-state index is 11.7. The molecule has 0 bridgehead atoms. The Balaban J connectivity index is 3.95. The number of carbonyl (C=O) groups excluding carboxylic acids is 2. The lowest BCUT2D eigenvalue weighted by Crippen LogP contribution is -2.47. The fourth-order valence-electron chi connectivity index (χ4n) is 2.00. The predicted octanol–water partition coefficient (Wildman–Crippen LogP) is 3.02. The highest BCUT2D eigenvalue weighted by Gasteiger charge is 2.22. The Morgan fingerprint density at radius 3 is 2.40 bits per heavy atom. The topological polar surface area (TPSA) is 95.9 Å². The van der Waals surface area contributed by atoms with E-state index in [1.54, 1.807) is 33.8 Å². The molecule has 25 heavy (non-hydrogen) atoms. The van der Waals surface area contributed by atoms with Gasteiger partial charge in [-0.2, -0.15) is 0 Å². The molecule has 6 nitrogen and oxygen atoms in total. The second-order valence-corrected chi connectivity index (χ2v) is 8.17. The first kappa shape index (κ1) is 23.9. The molecular weight excluding hydrogens is 342 g/mol. The average molecular weight is 376 g/mol. The summed E-state index contributed by atoms with van der Waals surface area (Å²) in [6.07, 6.45) is 6.81. The van der Waals surface area contributed by atoms with Crippen LogP contribution in [0.25, 0.3) is 0 Å². The first-order valence-corrected chi connectivity index (χ1v) is 9.72. The molecule has 0 aliphatic carbocycles. The van der Waals surface area contributed by atoms with E-state index < -0.39 is 23.8 Å². The van der Waals surface area contributed by atoms with Crippen LogP contribution in [0.2, 0.25) is 0 Å². The fourth-order valence-corrected chi connectivity index (χ4v) is 2.64. The number of aliphatic hydroxyl groups excluding tert-OH is 2. The van der Waals surface area contributed by atoms with Crippen molar-refractivity contribution in [1.82, 2.24) is 5.32 Å². The van der Waals surface area contributed by atoms with Gasteiger partial charge in [-0.15, -0.1) is 0 Å². The second-order valence-electron chi connectivity index (χ2n) is 6.90. The summed E-state index contributed by atoms with van der Waals surface area (Å²) in [6, 6.07) is -0.797. The van der Waals surface area contributed by atoms with Crippen LogP contribution < -0.4 is 5.32 Å². The van der Waals surface area contributed by atoms with Crippen LogP contribution in [0, 0.1) is 0 Å². The lowest BCUT2D eigenvalue weighted by atomic mass is 10.1. The van der Waals surface area contributed by atoms with Crippen LogP contribution in [0.5, 0.6) is 0 Å². The Hall–Kier alpha value is -1.05. The minimum Gasteiger partial charge on any atom is -0.444 e. The van der Waals surface area contributed by atoms with Crippen molar-refractivity contribution in [2.45, 2.75) is 77.5 Å². The van der Waals surface area contributed by atoms with Crippen LogP contribution in [-0.2, 0) is 9.53 Å². The van der Waals surface area contributed by atoms with Gasteiger partial charge in [-0.3, -0.25) is 4.79 Å². The van der Waals surface area contributed by atoms with Gasteiger partial charge >= 0.3 is 6.09 Å². The number of unbranched alkanes of at least 4 members (excludes halogenated alkanes) is 4. The average Bonchev–Trinajstić information content (AvgIpc) is 2.48. The SMILES string of the molecule is CC(=O)SCCCCCC/C=C/C(O)C(CO)NC(=O)OC(C)(C)C. The number of amides is 1. The van der Waals surface area contributed by atoms with Gasteiger partial charge in [0.1, 0.15) is 5.60 Å². The monoisotopic (exact) mass is 375 g/mol. The van der Waals surface area contributed by atoms with Crippen LogP contribution in [0.15, 0.2) is 12.2 Å². The Morgan fingerprint density at radius 1 is 1.20 bits per heavy atom. The molecule has 0 saturated carbocycles. The largest absolute Gasteiger partial charge is 0.444 e. The Labute approximate surface area is 155 Å². The van der Waals surface area contributed by atoms with Crippen molar-refractivity contribution in [3.63, 3.8) is 0 Å². The van der Waals surface area contributed by atoms with Gasteiger partial charge in [0, 0.05) is 12.7 Å². The molecule has 0 spiro atoms. The number of hydrogen-bond acceptors (Lipinski definition) is 6. The molecule has 146 valence electrons. The zero-order valence-electron chi connectivity index (χ0n) is 15.8. The van der Waals surface area contributed by atoms with Gasteiger partial charge in [0.05, 0.1) is 18.8 Å². The van der Waals surface area contributed by atoms with E-state index in [9.17, 15) is 19.8 Å². The van der Waals surface area contributed by atoms with Gasteiger partial charge in [0.25, 0.3) is 0 Å². The highest BCUT2D eigenvalue weighted by atomic mass is 32.2. The number of carbonyl (C=O) groups is 2. The summed E-state index contributed by atoms with van der Waals surface area (Å²) >= 11 is 1.36. The van der Waals surface area contributed by atoms with Crippen molar-refractivity contribution in [2.75, 3.05) is 12.4 Å². The number of hydrogen-bond donors (Lipinski definition) is 3. The maximum absolute atomic E-state index is 11.7. The molecule has 0 fully saturated rings. The summed E-state index contributed by atoms with van der Waals surface area (Å²) in [6.45, 7) is 6.44. The van der Waals surface area contributed by atoms with Gasteiger partial charge < -0.3 is 20.3 Å². The molecule has 3 N–H and O–H groups in total. The van der Waals surface area contributed by atoms with Crippen molar-refractivity contribution in [3.8, 4) is 0 Å². The lowest BCUT2D eigenvalue weighted by Gasteiger charge is -2.24. The molecule has 0 aromatic rings. The normalized spacial score (nSPS) is 14.3. The van der Waals surface area contributed by atoms with Crippen molar-refractivity contribution in [1.29, 1.82) is 0 Å². The Morgan fingerprint density at radius 2 is 1.84 bits per heavy atom. The van der Waals surface area contributed by atoms with Crippen LogP contribution in [0.1, 0.15) is 59.8 Å². The van der Waals surface area contributed by atoms with E-state index in [4.69, 9.17) is 4.74 Å². The Bertz CT molecular complexity index is 420. The van der Waals surface area contributed by atoms with Crippen LogP contribution in [0.3, 0.4) is 0 Å². The second kappa shape index (κ2) is 13.2. The highest BCUT2D eigenvalue weighted by molar-refractivity contribution is 8.13. The summed E-state index contributed by atoms with van der Waals surface area (Å²) in [5, 5.41) is 22.0. The molecule has 0 heterocycles. The third-order valence-corrected chi connectivity index (χ3v) is 4.11. The van der Waals surface area contributed by atoms with E-state index in [1.165, 1.54) is 11.8 Å². The van der Waals surface area contributed by atoms with Gasteiger partial charge in [0.15, 0.2) is 5.12 Å². The van der Waals surface area contributed by atoms with Crippen molar-refractivity contribution >= 4 is 23.0 Å². The van der Waals surface area contributed by atoms with Crippen molar-refractivity contribution in [2.24, 2.45) is 0 Å². The molecule has 7 heteroatoms. The smallest absolute Gasteiger partial charge is 0.408 e. The minimum absolute atomic E-state index is 0.162. The van der Waals surface area contributed by atoms with Crippen molar-refractivity contribution < 1.29 is 24.5 Å². The molecular formula is C18H33NO5S. The van der Waals surface area contributed by atoms with Gasteiger partial charge in [-0.1, -0.05) is 36.8 Å². The summed E-state index contributed by atoms with van der Waals surface area (Å²) in [5.74, 6) is 0.873. The van der Waals surface area contributed by atoms with Crippen LogP contribution in [0.4, 0.5) is 4.79 Å². The third-order valence-electron chi connectivity index (χ3n) is 3.21. The number of rotatable bonds is 11. The fraction of sp³-hybridized carbons (Fsp3) is 0.778. The van der Waals surface area contributed by atoms with E-state index in [0.29, 0.717) is 0 Å². The number of aliphatic hydroxyl groups is 2. The standard InChI is InChI=1S/C18H33NO5S/c1-14(21)25-12-10-8-6-5-7-9-11-16(22)15(13-20)19-17(23)24-18(2,3)4/h9,11,15-16,20,22H,5-8,10,12-13H2,1-4H3,(H,19,23)/b11-9+. The molecule has 0 radical (unpaired) electrons. The van der Waals surface area contributed by atoms with E-state index in [2.05, 4.69) is 5.32 Å². The molecule has 0 aromatic carbocycles. The molecule has 1 amide bonds. The summed E-state index contributed by atoms with van der Waals surface area (Å²) in [4.78, 5) is 22.4. The zero-order valence-corrected chi connectivity index (χ0v) is 16.6. The van der Waals surface area contributed by atoms with Crippen LogP contribution in [-0.4, -0.2) is 51.5 Å². The predicted molar refractivity (Wildman–Crippen MR) is 102 cm³/mol. The number of alkyl carbamates (subject to hydrolysis) is 1. The molecule has 0 aliphatic heterocycles. The minimum atomic E-state index is -0.968. The maximum Gasteiger partial charge on any atom is 0.408 e. The van der Waals surface area contributed by atoms with Gasteiger partial charge in [-0.05, 0) is 40.0 Å². The lowest BCUT2D eigenvalue weighted by molar-refractivity contribution is -0.109. The molecule has 2 unspecified atom stereocenters. The molecule has 2 atom stereocenters. The number of allylic oxidation sites excluding steroid dienone is 1. The zero-order chi connectivity index (χ0) is 19.3. The van der Waals surface area contributed by atoms with Crippen LogP contribution >= 0.6 is 11.8 Å². The van der Waals surface area contributed by atoms with Gasteiger partial charge in [0.2, 0.25) is 0 Å². The molecule has 0 aromatic heterocycles. The first-order valence-electron chi connectivity index (χ1n) is 8.74. The summed E-state index contributed by atoms with van der Waals surface area (Å²) in [7, 11) is 0. The summed E-state index contributed by atoms with van der Waals surface area (Å²) < 4.78 is 5.11. The molecule has 0 aliphatic rings. The van der Waals surface area contributed by atoms with E-state index in [-0.39, 0.29) is 11.7 Å². The molecule has 0 saturated heterocycles. The van der Waals surface area contributed by atoms with Gasteiger partial charge in [-0.25, -0.2) is 4.79 Å². The number of nitrogens with one attached hydrogen (secondary N) is 1. The van der Waals surface area contributed by atoms with E-state index >= 15 is 0 Å². The quantitative estimate of drug-likeness (QED) is 0.379. The number of ether oxygens (including phenoxy) is 1. The first-order chi connectivity index (χ1) is 11.7. The van der Waals surface area contributed by atoms with E-state index in [0.717, 1.165) is 37.9 Å². The molecule has 0 rings (SSSR count). The summed E-state index contributed by atoms with van der Waals surface area (Å²) in [5.41, 5.74) is -0.631. The highest BCUT2D eigenvalue weighted by Crippen LogP contribution is 2.10. The van der Waals surface area contributed by atoms with E-state index in [1.807, 2.05) is 6.08 Å². The Kier molecular flexibility index (Phi) is 12.6. The third kappa shape index (κ3) is 15.0. The number of thioether (sulfide) groups is 1. The van der Waals surface area contributed by atoms with Crippen molar-refractivity contribution in [3.05, 3.63) is 12.2 Å².